The third-order valence-electron chi connectivity index (χ3n) is 5.40. The van der Waals surface area contributed by atoms with Crippen LogP contribution in [0.4, 0.5) is 5.69 Å². The number of fused-ring (bicyclic) bond motifs is 1. The second kappa shape index (κ2) is 8.83. The molecule has 0 bridgehead atoms. The van der Waals surface area contributed by atoms with E-state index in [4.69, 9.17) is 16.0 Å². The van der Waals surface area contributed by atoms with E-state index in [0.29, 0.717) is 36.5 Å². The van der Waals surface area contributed by atoms with Crippen molar-refractivity contribution in [1.82, 2.24) is 4.90 Å². The highest BCUT2D eigenvalue weighted by Crippen LogP contribution is 2.31. The van der Waals surface area contributed by atoms with Gasteiger partial charge in [0.05, 0.1) is 10.6 Å². The van der Waals surface area contributed by atoms with Crippen molar-refractivity contribution in [2.45, 2.75) is 40.2 Å². The van der Waals surface area contributed by atoms with E-state index in [9.17, 15) is 9.59 Å². The lowest BCUT2D eigenvalue weighted by molar-refractivity contribution is -0.117. The first kappa shape index (κ1) is 22.2. The number of nitrogens with one attached hydrogen (secondary N) is 1. The van der Waals surface area contributed by atoms with Crippen LogP contribution in [0.2, 0.25) is 5.02 Å². The zero-order chi connectivity index (χ0) is 22.9. The van der Waals surface area contributed by atoms with Gasteiger partial charge in [0.15, 0.2) is 0 Å². The smallest absolute Gasteiger partial charge is 0.255 e. The Kier molecular flexibility index (Phi) is 6.11. The molecule has 166 valence electrons. The second-order valence-corrected chi connectivity index (χ2v) is 9.79. The predicted octanol–water partition coefficient (Wildman–Crippen LogP) is 6.17. The number of anilines is 1. The van der Waals surface area contributed by atoms with Gasteiger partial charge in [0, 0.05) is 42.7 Å². The fourth-order valence-electron chi connectivity index (χ4n) is 3.86. The summed E-state index contributed by atoms with van der Waals surface area (Å²) in [7, 11) is 0. The quantitative estimate of drug-likeness (QED) is 0.516. The molecule has 2 amide bonds. The van der Waals surface area contributed by atoms with Crippen molar-refractivity contribution in [3.05, 3.63) is 76.5 Å². The van der Waals surface area contributed by atoms with E-state index in [2.05, 4.69) is 5.32 Å². The van der Waals surface area contributed by atoms with Crippen LogP contribution in [0.15, 0.2) is 59.0 Å². The van der Waals surface area contributed by atoms with Crippen molar-refractivity contribution in [2.75, 3.05) is 11.9 Å². The van der Waals surface area contributed by atoms with Crippen molar-refractivity contribution in [3.63, 3.8) is 0 Å². The Balaban J connectivity index is 1.45. The van der Waals surface area contributed by atoms with Gasteiger partial charge in [-0.2, -0.15) is 0 Å². The minimum atomic E-state index is -0.0700. The summed E-state index contributed by atoms with van der Waals surface area (Å²) in [6.07, 6.45) is 1.12. The first-order chi connectivity index (χ1) is 15.2. The lowest BCUT2D eigenvalue weighted by Gasteiger charge is -2.26. The summed E-state index contributed by atoms with van der Waals surface area (Å²) in [6.45, 7) is 7.19. The maximum Gasteiger partial charge on any atom is 0.255 e. The molecule has 1 aliphatic heterocycles. The standard InChI is InChI=1S/C26H27ClN2O3/c1-26(2,3)15-24(30)28-19-10-8-17(9-11-19)23-14-18-16-29(13-12-22(18)32-23)25(31)20-6-4-5-7-21(20)27/h4-11,14H,12-13,15-16H2,1-3H3,(H,28,30). The topological polar surface area (TPSA) is 62.6 Å². The molecule has 1 aromatic heterocycles. The fraction of sp³-hybridized carbons (Fsp3) is 0.308. The van der Waals surface area contributed by atoms with E-state index in [1.165, 1.54) is 0 Å². The molecule has 0 radical (unpaired) electrons. The number of furan rings is 1. The van der Waals surface area contributed by atoms with Gasteiger partial charge in [-0.3, -0.25) is 9.59 Å². The molecule has 0 atom stereocenters. The molecule has 3 aromatic rings. The molecule has 1 aliphatic rings. The molecule has 6 heteroatoms. The molecular formula is C26H27ClN2O3. The molecule has 1 N–H and O–H groups in total. The predicted molar refractivity (Wildman–Crippen MR) is 127 cm³/mol. The number of nitrogens with zero attached hydrogens (tertiary/aromatic N) is 1. The van der Waals surface area contributed by atoms with Gasteiger partial charge < -0.3 is 14.6 Å². The van der Waals surface area contributed by atoms with E-state index in [1.54, 1.807) is 17.0 Å². The van der Waals surface area contributed by atoms with Crippen molar-refractivity contribution in [1.29, 1.82) is 0 Å². The highest BCUT2D eigenvalue weighted by atomic mass is 35.5. The summed E-state index contributed by atoms with van der Waals surface area (Å²) in [4.78, 5) is 26.9. The maximum atomic E-state index is 12.9. The van der Waals surface area contributed by atoms with E-state index in [-0.39, 0.29) is 17.2 Å². The van der Waals surface area contributed by atoms with Gasteiger partial charge in [0.25, 0.3) is 5.91 Å². The van der Waals surface area contributed by atoms with Crippen molar-refractivity contribution < 1.29 is 14.0 Å². The molecule has 2 aromatic carbocycles. The van der Waals surface area contributed by atoms with Crippen LogP contribution in [0.3, 0.4) is 0 Å². The van der Waals surface area contributed by atoms with Crippen molar-refractivity contribution in [2.24, 2.45) is 5.41 Å². The van der Waals surface area contributed by atoms with Crippen LogP contribution in [0, 0.1) is 5.41 Å². The van der Waals surface area contributed by atoms with Crippen LogP contribution in [0.1, 0.15) is 48.9 Å². The number of amides is 2. The molecule has 4 rings (SSSR count). The van der Waals surface area contributed by atoms with Crippen LogP contribution >= 0.6 is 11.6 Å². The van der Waals surface area contributed by atoms with Gasteiger partial charge in [0.2, 0.25) is 5.91 Å². The highest BCUT2D eigenvalue weighted by Gasteiger charge is 2.26. The van der Waals surface area contributed by atoms with Gasteiger partial charge in [-0.25, -0.2) is 0 Å². The van der Waals surface area contributed by atoms with Crippen molar-refractivity contribution >= 4 is 29.1 Å². The first-order valence-corrected chi connectivity index (χ1v) is 11.1. The molecule has 0 saturated carbocycles. The van der Waals surface area contributed by atoms with E-state index >= 15 is 0 Å². The largest absolute Gasteiger partial charge is 0.461 e. The Morgan fingerprint density at radius 3 is 2.50 bits per heavy atom. The normalized spacial score (nSPS) is 13.6. The maximum absolute atomic E-state index is 12.9. The van der Waals surface area contributed by atoms with E-state index in [1.807, 2.05) is 63.2 Å². The minimum absolute atomic E-state index is 0.00184. The number of benzene rings is 2. The van der Waals surface area contributed by atoms with E-state index < -0.39 is 0 Å². The second-order valence-electron chi connectivity index (χ2n) is 9.38. The molecule has 5 nitrogen and oxygen atoms in total. The summed E-state index contributed by atoms with van der Waals surface area (Å²) in [5.41, 5.74) is 3.16. The summed E-state index contributed by atoms with van der Waals surface area (Å²) >= 11 is 6.21. The molecule has 32 heavy (non-hydrogen) atoms. The van der Waals surface area contributed by atoms with Gasteiger partial charge in [0.1, 0.15) is 11.5 Å². The van der Waals surface area contributed by atoms with Gasteiger partial charge >= 0.3 is 0 Å². The molecule has 0 aliphatic carbocycles. The average molecular weight is 451 g/mol. The third-order valence-corrected chi connectivity index (χ3v) is 5.73. The Labute approximate surface area is 193 Å². The molecule has 0 saturated heterocycles. The highest BCUT2D eigenvalue weighted by molar-refractivity contribution is 6.33. The minimum Gasteiger partial charge on any atom is -0.461 e. The van der Waals surface area contributed by atoms with Gasteiger partial charge in [-0.1, -0.05) is 44.5 Å². The lowest BCUT2D eigenvalue weighted by Crippen LogP contribution is -2.35. The number of carbonyl (C=O) groups is 2. The zero-order valence-corrected chi connectivity index (χ0v) is 19.3. The van der Waals surface area contributed by atoms with Crippen LogP contribution in [0.5, 0.6) is 0 Å². The fourth-order valence-corrected chi connectivity index (χ4v) is 4.07. The average Bonchev–Trinajstić information content (AvgIpc) is 3.16. The summed E-state index contributed by atoms with van der Waals surface area (Å²) in [5.74, 6) is 1.60. The Morgan fingerprint density at radius 2 is 1.81 bits per heavy atom. The Morgan fingerprint density at radius 1 is 1.09 bits per heavy atom. The number of carbonyl (C=O) groups excluding carboxylic acids is 2. The van der Waals surface area contributed by atoms with Crippen LogP contribution in [-0.2, 0) is 17.8 Å². The number of rotatable bonds is 4. The molecule has 0 unspecified atom stereocenters. The molecule has 0 fully saturated rings. The molecule has 2 heterocycles. The SMILES string of the molecule is CC(C)(C)CC(=O)Nc1ccc(-c2cc3c(o2)CCN(C(=O)c2ccccc2Cl)C3)cc1. The third kappa shape index (κ3) is 5.05. The zero-order valence-electron chi connectivity index (χ0n) is 18.6. The number of halogens is 1. The lowest BCUT2D eigenvalue weighted by atomic mass is 9.92. The molecule has 0 spiro atoms. The Bertz CT molecular complexity index is 1140. The summed E-state index contributed by atoms with van der Waals surface area (Å²) in [6, 6.07) is 16.7. The number of hydrogen-bond acceptors (Lipinski definition) is 3. The van der Waals surface area contributed by atoms with Crippen LogP contribution in [-0.4, -0.2) is 23.3 Å². The van der Waals surface area contributed by atoms with Crippen LogP contribution < -0.4 is 5.32 Å². The molecular weight excluding hydrogens is 424 g/mol. The monoisotopic (exact) mass is 450 g/mol. The van der Waals surface area contributed by atoms with Crippen LogP contribution in [0.25, 0.3) is 11.3 Å². The van der Waals surface area contributed by atoms with Gasteiger partial charge in [-0.15, -0.1) is 0 Å². The first-order valence-electron chi connectivity index (χ1n) is 10.8. The summed E-state index contributed by atoms with van der Waals surface area (Å²) < 4.78 is 6.09. The van der Waals surface area contributed by atoms with Crippen molar-refractivity contribution in [3.8, 4) is 11.3 Å². The summed E-state index contributed by atoms with van der Waals surface area (Å²) in [5, 5.41) is 3.40. The Hall–Kier alpha value is -3.05. The van der Waals surface area contributed by atoms with E-state index in [0.717, 1.165) is 28.3 Å². The number of hydrogen-bond donors (Lipinski definition) is 1. The van der Waals surface area contributed by atoms with Gasteiger partial charge in [-0.05, 0) is 47.9 Å².